The Balaban J connectivity index is 1.33. The molecule has 2 aromatic carbocycles. The van der Waals surface area contributed by atoms with Gasteiger partial charge < -0.3 is 20.9 Å². The van der Waals surface area contributed by atoms with E-state index < -0.39 is 47.9 Å². The third-order valence-electron chi connectivity index (χ3n) is 7.09. The summed E-state index contributed by atoms with van der Waals surface area (Å²) in [5.41, 5.74) is 14.0. The molecule has 2 aromatic rings. The Hall–Kier alpha value is -3.76. The number of nitrogens with two attached hydrogens (primary N) is 2. The predicted octanol–water partition coefficient (Wildman–Crippen LogP) is 2.38. The Bertz CT molecular complexity index is 1040. The van der Waals surface area contributed by atoms with Gasteiger partial charge in [0.05, 0.1) is 24.2 Å². The van der Waals surface area contributed by atoms with Gasteiger partial charge in [-0.05, 0) is 36.8 Å². The maximum atomic E-state index is 13.3. The van der Waals surface area contributed by atoms with E-state index in [1.807, 2.05) is 60.7 Å². The second-order valence-corrected chi connectivity index (χ2v) is 9.64. The van der Waals surface area contributed by atoms with Gasteiger partial charge in [-0.3, -0.25) is 19.4 Å². The van der Waals surface area contributed by atoms with Crippen molar-refractivity contribution in [1.82, 2.24) is 9.80 Å². The molecule has 0 aliphatic carbocycles. The average molecular weight is 523 g/mol. The van der Waals surface area contributed by atoms with Gasteiger partial charge in [-0.2, -0.15) is 0 Å². The van der Waals surface area contributed by atoms with E-state index in [1.165, 1.54) is 9.80 Å². The van der Waals surface area contributed by atoms with E-state index >= 15 is 0 Å². The molecule has 0 radical (unpaired) electrons. The zero-order valence-electron chi connectivity index (χ0n) is 21.2. The Kier molecular flexibility index (Phi) is 9.09. The van der Waals surface area contributed by atoms with Crippen LogP contribution in [-0.2, 0) is 32.3 Å². The number of ketones is 2. The molecule has 2 heterocycles. The zero-order valence-corrected chi connectivity index (χ0v) is 21.2. The molecule has 0 saturated carbocycles. The minimum atomic E-state index is -1.32. The van der Waals surface area contributed by atoms with Crippen LogP contribution < -0.4 is 11.5 Å². The number of likely N-dealkylation sites (tertiary alicyclic amines) is 2. The second-order valence-electron chi connectivity index (χ2n) is 9.64. The van der Waals surface area contributed by atoms with Gasteiger partial charge in [0.15, 0.2) is 11.6 Å². The van der Waals surface area contributed by atoms with Crippen molar-refractivity contribution >= 4 is 23.8 Å². The quantitative estimate of drug-likeness (QED) is 0.511. The van der Waals surface area contributed by atoms with Crippen LogP contribution >= 0.6 is 0 Å². The normalized spacial score (nSPS) is 20.6. The van der Waals surface area contributed by atoms with Gasteiger partial charge in [0.25, 0.3) is 0 Å². The summed E-state index contributed by atoms with van der Waals surface area (Å²) < 4.78 is 10.8. The summed E-state index contributed by atoms with van der Waals surface area (Å²) in [6, 6.07) is 14.2. The molecule has 4 N–H and O–H groups in total. The number of ether oxygens (including phenoxy) is 2. The number of nitrogens with zero attached hydrogens (tertiary/aromatic N) is 2. The molecule has 38 heavy (non-hydrogen) atoms. The summed E-state index contributed by atoms with van der Waals surface area (Å²) in [5, 5.41) is 0. The zero-order chi connectivity index (χ0) is 27.1. The monoisotopic (exact) mass is 522 g/mol. The summed E-state index contributed by atoms with van der Waals surface area (Å²) in [4.78, 5) is 54.6. The van der Waals surface area contributed by atoms with Crippen molar-refractivity contribution < 1.29 is 28.7 Å². The highest BCUT2D eigenvalue weighted by molar-refractivity contribution is 6.00. The number of hydrogen-bond donors (Lipinski definition) is 2. The van der Waals surface area contributed by atoms with Gasteiger partial charge in [-0.25, -0.2) is 9.59 Å². The van der Waals surface area contributed by atoms with Crippen LogP contribution in [0.5, 0.6) is 0 Å². The molecule has 2 saturated heterocycles. The van der Waals surface area contributed by atoms with Gasteiger partial charge >= 0.3 is 12.2 Å². The van der Waals surface area contributed by atoms with E-state index in [0.717, 1.165) is 11.1 Å². The van der Waals surface area contributed by atoms with E-state index in [0.29, 0.717) is 38.8 Å². The molecule has 4 rings (SSSR count). The van der Waals surface area contributed by atoms with Gasteiger partial charge in [-0.1, -0.05) is 60.7 Å². The Morgan fingerprint density at radius 1 is 0.684 bits per heavy atom. The molecule has 2 aliphatic rings. The number of rotatable bonds is 9. The maximum Gasteiger partial charge on any atom is 0.410 e. The van der Waals surface area contributed by atoms with Crippen molar-refractivity contribution in [3.05, 3.63) is 71.8 Å². The van der Waals surface area contributed by atoms with Crippen molar-refractivity contribution in [3.8, 4) is 0 Å². The first kappa shape index (κ1) is 27.3. The highest BCUT2D eigenvalue weighted by atomic mass is 16.6. The van der Waals surface area contributed by atoms with E-state index in [9.17, 15) is 19.2 Å². The lowest BCUT2D eigenvalue weighted by Gasteiger charge is -2.29. The lowest BCUT2D eigenvalue weighted by Crippen LogP contribution is -2.60. The third kappa shape index (κ3) is 6.38. The average Bonchev–Trinajstić information content (AvgIpc) is 3.65. The van der Waals surface area contributed by atoms with Crippen LogP contribution in [0.1, 0.15) is 36.8 Å². The van der Waals surface area contributed by atoms with Crippen LogP contribution in [0.2, 0.25) is 0 Å². The van der Waals surface area contributed by atoms with Crippen LogP contribution in [0.4, 0.5) is 9.59 Å². The Morgan fingerprint density at radius 2 is 1.05 bits per heavy atom. The summed E-state index contributed by atoms with van der Waals surface area (Å²) in [6.45, 7) is 0.866. The maximum absolute atomic E-state index is 13.3. The molecule has 202 valence electrons. The van der Waals surface area contributed by atoms with Gasteiger partial charge in [-0.15, -0.1) is 0 Å². The molecule has 2 aliphatic heterocycles. The van der Waals surface area contributed by atoms with Gasteiger partial charge in [0.2, 0.25) is 0 Å². The largest absolute Gasteiger partial charge is 0.445 e. The highest BCUT2D eigenvalue weighted by Crippen LogP contribution is 2.24. The van der Waals surface area contributed by atoms with Crippen molar-refractivity contribution in [2.75, 3.05) is 13.1 Å². The molecule has 0 bridgehead atoms. The molecule has 3 unspecified atom stereocenters. The molecule has 4 atom stereocenters. The van der Waals surface area contributed by atoms with Crippen LogP contribution in [0, 0.1) is 0 Å². The van der Waals surface area contributed by atoms with Crippen molar-refractivity contribution in [1.29, 1.82) is 0 Å². The SMILES string of the molecule is NC(C(=O)C1CCCN1C(=O)OCc1ccccc1)[C@H](N)C(=O)C1CCCN1C(=O)OCc1ccccc1. The first-order chi connectivity index (χ1) is 18.4. The molecule has 10 nitrogen and oxygen atoms in total. The first-order valence-electron chi connectivity index (χ1n) is 12.9. The molecule has 10 heteroatoms. The summed E-state index contributed by atoms with van der Waals surface area (Å²) in [7, 11) is 0. The third-order valence-corrected chi connectivity index (χ3v) is 7.09. The van der Waals surface area contributed by atoms with E-state index in [4.69, 9.17) is 20.9 Å². The summed E-state index contributed by atoms with van der Waals surface area (Å²) >= 11 is 0. The lowest BCUT2D eigenvalue weighted by atomic mass is 9.92. The van der Waals surface area contributed by atoms with Gasteiger partial charge in [0, 0.05) is 13.1 Å². The molecule has 2 fully saturated rings. The topological polar surface area (TPSA) is 145 Å². The van der Waals surface area contributed by atoms with E-state index in [2.05, 4.69) is 0 Å². The predicted molar refractivity (Wildman–Crippen MR) is 139 cm³/mol. The fourth-order valence-corrected chi connectivity index (χ4v) is 4.96. The fourth-order valence-electron chi connectivity index (χ4n) is 4.96. The first-order valence-corrected chi connectivity index (χ1v) is 12.9. The minimum absolute atomic E-state index is 0.0824. The standard InChI is InChI=1S/C28H34N4O6/c29-23(25(33)21-13-7-15-31(21)27(35)37-17-19-9-3-1-4-10-19)24(30)26(34)22-14-8-16-32(22)28(36)38-18-20-11-5-2-6-12-20/h1-6,9-12,21-24H,7-8,13-18,29-30H2/t21?,22?,23-,24?/m0/s1. The summed E-state index contributed by atoms with van der Waals surface area (Å²) in [6.07, 6.45) is 0.817. The lowest BCUT2D eigenvalue weighted by molar-refractivity contribution is -0.130. The number of carbonyl (C=O) groups is 4. The Morgan fingerprint density at radius 3 is 1.42 bits per heavy atom. The van der Waals surface area contributed by atoms with Crippen LogP contribution in [0.25, 0.3) is 0 Å². The van der Waals surface area contributed by atoms with Crippen molar-refractivity contribution in [2.24, 2.45) is 11.5 Å². The fraction of sp³-hybridized carbons (Fsp3) is 0.429. The van der Waals surface area contributed by atoms with Gasteiger partial charge in [0.1, 0.15) is 13.2 Å². The van der Waals surface area contributed by atoms with Crippen LogP contribution in [-0.4, -0.2) is 70.8 Å². The number of benzene rings is 2. The number of Topliss-reactive ketones (excluding diaryl/α,β-unsaturated/α-hetero) is 2. The molecule has 0 spiro atoms. The molecular weight excluding hydrogens is 488 g/mol. The summed E-state index contributed by atoms with van der Waals surface area (Å²) in [5.74, 6) is -0.979. The number of amides is 2. The van der Waals surface area contributed by atoms with Crippen LogP contribution in [0.15, 0.2) is 60.7 Å². The minimum Gasteiger partial charge on any atom is -0.445 e. The van der Waals surface area contributed by atoms with Crippen molar-refractivity contribution in [2.45, 2.75) is 63.1 Å². The highest BCUT2D eigenvalue weighted by Gasteiger charge is 2.44. The van der Waals surface area contributed by atoms with E-state index in [-0.39, 0.29) is 13.2 Å². The molecule has 0 aromatic heterocycles. The molecule has 2 amide bonds. The number of carbonyl (C=O) groups excluding carboxylic acids is 4. The van der Waals surface area contributed by atoms with Crippen molar-refractivity contribution in [3.63, 3.8) is 0 Å². The molecular formula is C28H34N4O6. The number of hydrogen-bond acceptors (Lipinski definition) is 8. The van der Waals surface area contributed by atoms with E-state index in [1.54, 1.807) is 0 Å². The second kappa shape index (κ2) is 12.7. The Labute approximate surface area is 221 Å². The smallest absolute Gasteiger partial charge is 0.410 e. The van der Waals surface area contributed by atoms with Crippen LogP contribution in [0.3, 0.4) is 0 Å².